The highest BCUT2D eigenvalue weighted by molar-refractivity contribution is 5.87. The number of nitrogens with one attached hydrogen (secondary N) is 1. The highest BCUT2D eigenvalue weighted by Gasteiger charge is 2.21. The van der Waals surface area contributed by atoms with Gasteiger partial charge in [-0.05, 0) is 33.3 Å². The van der Waals surface area contributed by atoms with Crippen LogP contribution >= 0.6 is 0 Å². The van der Waals surface area contributed by atoms with Crippen LogP contribution in [0.25, 0.3) is 5.69 Å². The summed E-state index contributed by atoms with van der Waals surface area (Å²) in [6.07, 6.45) is 6.13. The van der Waals surface area contributed by atoms with Gasteiger partial charge in [0.05, 0.1) is 17.8 Å². The summed E-state index contributed by atoms with van der Waals surface area (Å²) in [6, 6.07) is 1.52. The molecule has 0 saturated carbocycles. The molecular formula is C15H21N5O2. The molecule has 0 saturated heterocycles. The Balaban J connectivity index is 2.33. The topological polar surface area (TPSA) is 85.8 Å². The molecule has 0 atom stereocenters. The molecule has 118 valence electrons. The first-order valence-corrected chi connectivity index (χ1v) is 7.21. The fraction of sp³-hybridized carbons (Fsp3) is 0.467. The number of carbonyl (C=O) groups is 1. The van der Waals surface area contributed by atoms with E-state index in [0.717, 1.165) is 18.7 Å². The summed E-state index contributed by atoms with van der Waals surface area (Å²) >= 11 is 0. The summed E-state index contributed by atoms with van der Waals surface area (Å²) in [5.74, 6) is -0.604. The molecular weight excluding hydrogens is 282 g/mol. The van der Waals surface area contributed by atoms with Gasteiger partial charge < -0.3 is 4.74 Å². The van der Waals surface area contributed by atoms with Crippen LogP contribution in [0, 0.1) is 5.41 Å². The molecule has 2 aromatic rings. The van der Waals surface area contributed by atoms with Crippen LogP contribution in [0.4, 0.5) is 0 Å². The van der Waals surface area contributed by atoms with Crippen molar-refractivity contribution in [1.82, 2.24) is 19.6 Å². The molecule has 0 spiro atoms. The Bertz CT molecular complexity index is 724. The lowest BCUT2D eigenvalue weighted by Gasteiger charge is -2.19. The van der Waals surface area contributed by atoms with E-state index in [1.807, 2.05) is 10.9 Å². The second kappa shape index (κ2) is 6.13. The van der Waals surface area contributed by atoms with Crippen LogP contribution in [0.5, 0.6) is 0 Å². The van der Waals surface area contributed by atoms with Gasteiger partial charge in [0.2, 0.25) is 0 Å². The van der Waals surface area contributed by atoms with E-state index in [1.165, 1.54) is 10.7 Å². The predicted molar refractivity (Wildman–Crippen MR) is 80.7 cm³/mol. The number of ether oxygens (including phenoxy) is 1. The van der Waals surface area contributed by atoms with Gasteiger partial charge in [0.1, 0.15) is 11.3 Å². The Hall–Kier alpha value is -2.44. The zero-order valence-electron chi connectivity index (χ0n) is 13.3. The molecule has 0 aliphatic carbocycles. The normalized spacial score (nSPS) is 11.5. The first kappa shape index (κ1) is 15.9. The van der Waals surface area contributed by atoms with Gasteiger partial charge in [-0.25, -0.2) is 9.48 Å². The van der Waals surface area contributed by atoms with Crippen molar-refractivity contribution in [2.45, 2.75) is 46.3 Å². The molecule has 0 unspecified atom stereocenters. The van der Waals surface area contributed by atoms with E-state index >= 15 is 0 Å². The number of hydrogen-bond acceptors (Lipinski definition) is 5. The van der Waals surface area contributed by atoms with Crippen molar-refractivity contribution in [1.29, 1.82) is 5.41 Å². The quantitative estimate of drug-likeness (QED) is 0.874. The lowest BCUT2D eigenvalue weighted by Crippen LogP contribution is -2.29. The zero-order valence-corrected chi connectivity index (χ0v) is 13.3. The minimum absolute atomic E-state index is 0.0133. The zero-order chi connectivity index (χ0) is 16.3. The van der Waals surface area contributed by atoms with E-state index in [4.69, 9.17) is 10.1 Å². The first-order chi connectivity index (χ1) is 10.3. The second-order valence-electron chi connectivity index (χ2n) is 5.99. The third-order valence-corrected chi connectivity index (χ3v) is 2.77. The Morgan fingerprint density at radius 3 is 2.77 bits per heavy atom. The molecule has 0 amide bonds. The van der Waals surface area contributed by atoms with Crippen molar-refractivity contribution >= 4 is 5.97 Å². The number of aryl methyl sites for hydroxylation is 1. The van der Waals surface area contributed by atoms with Gasteiger partial charge in [-0.3, -0.25) is 10.1 Å². The van der Waals surface area contributed by atoms with Crippen LogP contribution in [-0.4, -0.2) is 31.1 Å². The molecule has 0 bridgehead atoms. The predicted octanol–water partition coefficient (Wildman–Crippen LogP) is 1.91. The number of aromatic nitrogens is 4. The number of nitrogens with zero attached hydrogens (tertiary/aromatic N) is 4. The van der Waals surface area contributed by atoms with Crippen molar-refractivity contribution in [2.75, 3.05) is 0 Å². The number of carbonyl (C=O) groups excluding carboxylic acids is 1. The molecule has 22 heavy (non-hydrogen) atoms. The third-order valence-electron chi connectivity index (χ3n) is 2.77. The molecule has 2 heterocycles. The summed E-state index contributed by atoms with van der Waals surface area (Å²) in [4.78, 5) is 12.1. The van der Waals surface area contributed by atoms with Crippen LogP contribution in [0.15, 0.2) is 24.7 Å². The summed E-state index contributed by atoms with van der Waals surface area (Å²) in [5.41, 5.74) is 0.0941. The van der Waals surface area contributed by atoms with Gasteiger partial charge >= 0.3 is 5.97 Å². The molecule has 2 rings (SSSR count). The largest absolute Gasteiger partial charge is 0.455 e. The van der Waals surface area contributed by atoms with Crippen molar-refractivity contribution in [3.63, 3.8) is 0 Å². The van der Waals surface area contributed by atoms with Gasteiger partial charge in [-0.15, -0.1) is 0 Å². The molecule has 1 N–H and O–H groups in total. The highest BCUT2D eigenvalue weighted by Crippen LogP contribution is 2.10. The first-order valence-electron chi connectivity index (χ1n) is 7.21. The van der Waals surface area contributed by atoms with Crippen LogP contribution in [0.3, 0.4) is 0 Å². The number of hydrogen-bond donors (Lipinski definition) is 1. The van der Waals surface area contributed by atoms with Crippen LogP contribution < -0.4 is 5.36 Å². The lowest BCUT2D eigenvalue weighted by molar-refractivity contribution is 0.00586. The third kappa shape index (κ3) is 3.81. The van der Waals surface area contributed by atoms with E-state index in [-0.39, 0.29) is 11.1 Å². The number of esters is 1. The Labute approximate surface area is 129 Å². The molecule has 7 heteroatoms. The monoisotopic (exact) mass is 303 g/mol. The Morgan fingerprint density at radius 2 is 2.14 bits per heavy atom. The summed E-state index contributed by atoms with van der Waals surface area (Å²) in [7, 11) is 0. The molecule has 2 aromatic heterocycles. The molecule has 7 nitrogen and oxygen atoms in total. The molecule has 0 radical (unpaired) electrons. The van der Waals surface area contributed by atoms with Gasteiger partial charge in [-0.1, -0.05) is 6.92 Å². The van der Waals surface area contributed by atoms with Crippen LogP contribution in [0.1, 0.15) is 44.6 Å². The number of rotatable bonds is 4. The van der Waals surface area contributed by atoms with Crippen molar-refractivity contribution < 1.29 is 9.53 Å². The van der Waals surface area contributed by atoms with Crippen LogP contribution in [0.2, 0.25) is 0 Å². The van der Waals surface area contributed by atoms with Crippen molar-refractivity contribution in [2.24, 2.45) is 0 Å². The maximum absolute atomic E-state index is 12.1. The molecule has 0 fully saturated rings. The maximum atomic E-state index is 12.1. The molecule has 0 aliphatic heterocycles. The summed E-state index contributed by atoms with van der Waals surface area (Å²) < 4.78 is 8.62. The average Bonchev–Trinajstić information content (AvgIpc) is 2.86. The van der Waals surface area contributed by atoms with Crippen molar-refractivity contribution in [3.05, 3.63) is 35.7 Å². The fourth-order valence-electron chi connectivity index (χ4n) is 1.86. The average molecular weight is 303 g/mol. The maximum Gasteiger partial charge on any atom is 0.361 e. The van der Waals surface area contributed by atoms with E-state index in [0.29, 0.717) is 0 Å². The van der Waals surface area contributed by atoms with E-state index in [9.17, 15) is 4.79 Å². The van der Waals surface area contributed by atoms with E-state index in [2.05, 4.69) is 17.1 Å². The minimum Gasteiger partial charge on any atom is -0.455 e. The molecule has 0 aliphatic rings. The van der Waals surface area contributed by atoms with Crippen LogP contribution in [-0.2, 0) is 11.3 Å². The van der Waals surface area contributed by atoms with Gasteiger partial charge in [0, 0.05) is 12.7 Å². The fourth-order valence-corrected chi connectivity index (χ4v) is 1.86. The summed E-state index contributed by atoms with van der Waals surface area (Å²) in [5, 5.41) is 16.3. The SMILES string of the molecule is CCCn1cc(-n2ccc(=N)c(C(=O)OC(C)(C)C)n2)cn1. The second-order valence-corrected chi connectivity index (χ2v) is 5.99. The Morgan fingerprint density at radius 1 is 1.41 bits per heavy atom. The van der Waals surface area contributed by atoms with E-state index in [1.54, 1.807) is 33.2 Å². The van der Waals surface area contributed by atoms with Gasteiger partial charge in [0.25, 0.3) is 0 Å². The standard InChI is InChI=1S/C15H21N5O2/c1-5-7-19-10-11(9-17-19)20-8-6-12(16)13(18-20)14(21)22-15(2,3)4/h6,8-10,16H,5,7H2,1-4H3. The smallest absolute Gasteiger partial charge is 0.361 e. The minimum atomic E-state index is -0.627. The highest BCUT2D eigenvalue weighted by atomic mass is 16.6. The molecule has 0 aromatic carbocycles. The van der Waals surface area contributed by atoms with Crippen molar-refractivity contribution in [3.8, 4) is 5.69 Å². The van der Waals surface area contributed by atoms with Gasteiger partial charge in [0.15, 0.2) is 5.69 Å². The van der Waals surface area contributed by atoms with E-state index < -0.39 is 11.6 Å². The van der Waals surface area contributed by atoms with Gasteiger partial charge in [-0.2, -0.15) is 10.2 Å². The Kier molecular flexibility index (Phi) is 4.44. The summed E-state index contributed by atoms with van der Waals surface area (Å²) in [6.45, 7) is 8.22. The lowest BCUT2D eigenvalue weighted by atomic mass is 10.2.